The highest BCUT2D eigenvalue weighted by Gasteiger charge is 2.12. The van der Waals surface area contributed by atoms with Gasteiger partial charge in [-0.25, -0.2) is 0 Å². The summed E-state index contributed by atoms with van der Waals surface area (Å²) in [6.07, 6.45) is 0.0889. The molecular formula is C13H29NO3. The van der Waals surface area contributed by atoms with E-state index in [2.05, 4.69) is 19.2 Å². The number of methoxy groups -OCH3 is 1. The van der Waals surface area contributed by atoms with Crippen molar-refractivity contribution in [1.29, 1.82) is 0 Å². The number of nitrogens with one attached hydrogen (secondary N) is 1. The van der Waals surface area contributed by atoms with Crippen LogP contribution in [0.15, 0.2) is 0 Å². The molecule has 1 atom stereocenters. The SMILES string of the molecule is COCC(CNC(C)C)OCCOC(C)(C)C. The van der Waals surface area contributed by atoms with Gasteiger partial charge in [0.25, 0.3) is 0 Å². The molecule has 0 aliphatic rings. The smallest absolute Gasteiger partial charge is 0.0933 e. The molecular weight excluding hydrogens is 218 g/mol. The van der Waals surface area contributed by atoms with Gasteiger partial charge >= 0.3 is 0 Å². The summed E-state index contributed by atoms with van der Waals surface area (Å²) >= 11 is 0. The van der Waals surface area contributed by atoms with E-state index in [0.717, 1.165) is 6.54 Å². The number of hydrogen-bond donors (Lipinski definition) is 1. The molecule has 1 unspecified atom stereocenters. The zero-order valence-corrected chi connectivity index (χ0v) is 12.2. The quantitative estimate of drug-likeness (QED) is 0.631. The van der Waals surface area contributed by atoms with Gasteiger partial charge in [-0.2, -0.15) is 0 Å². The normalized spacial score (nSPS) is 14.3. The van der Waals surface area contributed by atoms with Crippen LogP contribution in [0.25, 0.3) is 0 Å². The van der Waals surface area contributed by atoms with E-state index in [4.69, 9.17) is 14.2 Å². The second-order valence-corrected chi connectivity index (χ2v) is 5.47. The van der Waals surface area contributed by atoms with Gasteiger partial charge in [0.15, 0.2) is 0 Å². The van der Waals surface area contributed by atoms with Crippen LogP contribution in [0.1, 0.15) is 34.6 Å². The first kappa shape index (κ1) is 16.8. The Hall–Kier alpha value is -0.160. The van der Waals surface area contributed by atoms with Crippen molar-refractivity contribution in [2.45, 2.75) is 52.4 Å². The topological polar surface area (TPSA) is 39.7 Å². The highest BCUT2D eigenvalue weighted by molar-refractivity contribution is 4.64. The summed E-state index contributed by atoms with van der Waals surface area (Å²) in [5, 5.41) is 3.34. The highest BCUT2D eigenvalue weighted by Crippen LogP contribution is 2.06. The number of ether oxygens (including phenoxy) is 3. The molecule has 0 saturated heterocycles. The summed E-state index contributed by atoms with van der Waals surface area (Å²) in [6, 6.07) is 0.462. The molecule has 0 fully saturated rings. The van der Waals surface area contributed by atoms with E-state index in [9.17, 15) is 0 Å². The van der Waals surface area contributed by atoms with Crippen LogP contribution in [-0.4, -0.2) is 51.2 Å². The lowest BCUT2D eigenvalue weighted by atomic mass is 10.2. The zero-order valence-electron chi connectivity index (χ0n) is 12.2. The van der Waals surface area contributed by atoms with Crippen molar-refractivity contribution in [3.8, 4) is 0 Å². The van der Waals surface area contributed by atoms with Gasteiger partial charge in [0.2, 0.25) is 0 Å². The van der Waals surface area contributed by atoms with E-state index in [1.807, 2.05) is 20.8 Å². The standard InChI is InChI=1S/C13H29NO3/c1-11(2)14-9-12(10-15-6)16-7-8-17-13(3,4)5/h11-12,14H,7-10H2,1-6H3. The van der Waals surface area contributed by atoms with Crippen LogP contribution >= 0.6 is 0 Å². The lowest BCUT2D eigenvalue weighted by Crippen LogP contribution is -2.37. The fourth-order valence-electron chi connectivity index (χ4n) is 1.28. The molecule has 0 rings (SSSR count). The summed E-state index contributed by atoms with van der Waals surface area (Å²) < 4.78 is 16.4. The minimum atomic E-state index is -0.101. The van der Waals surface area contributed by atoms with Crippen LogP contribution in [0.3, 0.4) is 0 Å². The molecule has 0 aromatic heterocycles. The van der Waals surface area contributed by atoms with Gasteiger partial charge in [-0.15, -0.1) is 0 Å². The van der Waals surface area contributed by atoms with Crippen molar-refractivity contribution < 1.29 is 14.2 Å². The Bertz CT molecular complexity index is 178. The predicted molar refractivity (Wildman–Crippen MR) is 70.5 cm³/mol. The average molecular weight is 247 g/mol. The van der Waals surface area contributed by atoms with E-state index in [0.29, 0.717) is 25.9 Å². The molecule has 0 aliphatic carbocycles. The van der Waals surface area contributed by atoms with E-state index < -0.39 is 0 Å². The fraction of sp³-hybridized carbons (Fsp3) is 1.00. The van der Waals surface area contributed by atoms with Crippen molar-refractivity contribution in [3.63, 3.8) is 0 Å². The Morgan fingerprint density at radius 2 is 1.76 bits per heavy atom. The van der Waals surface area contributed by atoms with E-state index in [-0.39, 0.29) is 11.7 Å². The number of hydrogen-bond acceptors (Lipinski definition) is 4. The summed E-state index contributed by atoms with van der Waals surface area (Å²) in [7, 11) is 1.69. The third-order valence-corrected chi connectivity index (χ3v) is 2.08. The maximum atomic E-state index is 5.72. The molecule has 0 spiro atoms. The van der Waals surface area contributed by atoms with Crippen molar-refractivity contribution in [1.82, 2.24) is 5.32 Å². The van der Waals surface area contributed by atoms with E-state index >= 15 is 0 Å². The lowest BCUT2D eigenvalue weighted by Gasteiger charge is -2.22. The van der Waals surface area contributed by atoms with Gasteiger partial charge in [0.05, 0.1) is 31.5 Å². The average Bonchev–Trinajstić information content (AvgIpc) is 2.19. The molecule has 17 heavy (non-hydrogen) atoms. The van der Waals surface area contributed by atoms with Crippen LogP contribution in [0.2, 0.25) is 0 Å². The van der Waals surface area contributed by atoms with E-state index in [1.54, 1.807) is 7.11 Å². The maximum absolute atomic E-state index is 5.72. The van der Waals surface area contributed by atoms with Crippen LogP contribution < -0.4 is 5.32 Å². The van der Waals surface area contributed by atoms with Crippen molar-refractivity contribution >= 4 is 0 Å². The Balaban J connectivity index is 3.69. The van der Waals surface area contributed by atoms with Gasteiger partial charge in [0.1, 0.15) is 0 Å². The van der Waals surface area contributed by atoms with Crippen LogP contribution in [0.5, 0.6) is 0 Å². The Labute approximate surface area is 106 Å². The monoisotopic (exact) mass is 247 g/mol. The predicted octanol–water partition coefficient (Wildman–Crippen LogP) is 1.83. The third kappa shape index (κ3) is 12.1. The molecule has 0 radical (unpaired) electrons. The Kier molecular flexibility index (Phi) is 8.78. The molecule has 0 aliphatic heterocycles. The molecule has 104 valence electrons. The zero-order chi connectivity index (χ0) is 13.3. The molecule has 0 aromatic rings. The summed E-state index contributed by atoms with van der Waals surface area (Å²) in [4.78, 5) is 0. The van der Waals surface area contributed by atoms with Crippen LogP contribution in [0.4, 0.5) is 0 Å². The largest absolute Gasteiger partial charge is 0.382 e. The summed E-state index contributed by atoms with van der Waals surface area (Å²) in [5.74, 6) is 0. The highest BCUT2D eigenvalue weighted by atomic mass is 16.6. The lowest BCUT2D eigenvalue weighted by molar-refractivity contribution is -0.0643. The molecule has 0 aromatic carbocycles. The van der Waals surface area contributed by atoms with E-state index in [1.165, 1.54) is 0 Å². The fourth-order valence-corrected chi connectivity index (χ4v) is 1.28. The number of rotatable bonds is 9. The van der Waals surface area contributed by atoms with Crippen molar-refractivity contribution in [2.75, 3.05) is 33.5 Å². The second kappa shape index (κ2) is 8.86. The maximum Gasteiger partial charge on any atom is 0.0933 e. The van der Waals surface area contributed by atoms with Crippen LogP contribution in [-0.2, 0) is 14.2 Å². The Morgan fingerprint density at radius 3 is 2.24 bits per heavy atom. The first-order valence-corrected chi connectivity index (χ1v) is 6.33. The van der Waals surface area contributed by atoms with Crippen LogP contribution in [0, 0.1) is 0 Å². The molecule has 0 saturated carbocycles. The minimum Gasteiger partial charge on any atom is -0.382 e. The van der Waals surface area contributed by atoms with Crippen molar-refractivity contribution in [3.05, 3.63) is 0 Å². The van der Waals surface area contributed by atoms with Gasteiger partial charge in [0, 0.05) is 19.7 Å². The van der Waals surface area contributed by atoms with Gasteiger partial charge in [-0.3, -0.25) is 0 Å². The second-order valence-electron chi connectivity index (χ2n) is 5.47. The molecule has 0 heterocycles. The van der Waals surface area contributed by atoms with Gasteiger partial charge in [-0.1, -0.05) is 13.8 Å². The molecule has 4 heteroatoms. The van der Waals surface area contributed by atoms with Gasteiger partial charge < -0.3 is 19.5 Å². The third-order valence-electron chi connectivity index (χ3n) is 2.08. The van der Waals surface area contributed by atoms with Gasteiger partial charge in [-0.05, 0) is 20.8 Å². The molecule has 4 nitrogen and oxygen atoms in total. The van der Waals surface area contributed by atoms with Crippen molar-refractivity contribution in [2.24, 2.45) is 0 Å². The summed E-state index contributed by atoms with van der Waals surface area (Å²) in [5.41, 5.74) is -0.101. The molecule has 0 amide bonds. The molecule has 1 N–H and O–H groups in total. The molecule has 0 bridgehead atoms. The first-order valence-electron chi connectivity index (χ1n) is 6.33. The minimum absolute atomic E-state index is 0.0889. The Morgan fingerprint density at radius 1 is 1.12 bits per heavy atom. The first-order chi connectivity index (χ1) is 7.85. The summed E-state index contributed by atoms with van der Waals surface area (Å²) in [6.45, 7) is 13.0.